The number of amides is 1. The summed E-state index contributed by atoms with van der Waals surface area (Å²) in [6, 6.07) is 7.06. The van der Waals surface area contributed by atoms with Crippen molar-refractivity contribution in [2.75, 3.05) is 7.05 Å². The molecule has 0 saturated carbocycles. The average Bonchev–Trinajstić information content (AvgIpc) is 2.20. The summed E-state index contributed by atoms with van der Waals surface area (Å²) < 4.78 is 10.5. The van der Waals surface area contributed by atoms with Crippen LogP contribution in [-0.4, -0.2) is 19.2 Å². The molecule has 1 aromatic rings. The maximum Gasteiger partial charge on any atom is 0.412 e. The van der Waals surface area contributed by atoms with Crippen LogP contribution >= 0.6 is 0 Å². The van der Waals surface area contributed by atoms with Crippen LogP contribution in [-0.2, 0) is 0 Å². The van der Waals surface area contributed by atoms with Gasteiger partial charge in [-0.2, -0.15) is 0 Å². The molecule has 0 saturated heterocycles. The Bertz CT molecular complexity index is 336. The first kappa shape index (κ1) is 11.4. The Balaban J connectivity index is 2.81. The molecular formula is C11H15NO3. The molecule has 0 bridgehead atoms. The van der Waals surface area contributed by atoms with Crippen molar-refractivity contribution in [2.24, 2.45) is 0 Å². The van der Waals surface area contributed by atoms with E-state index in [4.69, 9.17) is 9.47 Å². The van der Waals surface area contributed by atoms with Crippen LogP contribution in [0.15, 0.2) is 24.3 Å². The van der Waals surface area contributed by atoms with Crippen LogP contribution in [0.2, 0.25) is 0 Å². The van der Waals surface area contributed by atoms with Gasteiger partial charge in [-0.3, -0.25) is 0 Å². The van der Waals surface area contributed by atoms with E-state index in [2.05, 4.69) is 5.32 Å². The Kier molecular flexibility index (Phi) is 3.97. The molecule has 0 aliphatic carbocycles. The van der Waals surface area contributed by atoms with Crippen LogP contribution in [0.1, 0.15) is 13.8 Å². The van der Waals surface area contributed by atoms with Crippen LogP contribution in [0.25, 0.3) is 0 Å². The minimum Gasteiger partial charge on any atom is -0.487 e. The maximum absolute atomic E-state index is 11.0. The van der Waals surface area contributed by atoms with Crippen LogP contribution in [0.3, 0.4) is 0 Å². The van der Waals surface area contributed by atoms with E-state index >= 15 is 0 Å². The van der Waals surface area contributed by atoms with Crippen LogP contribution in [0.4, 0.5) is 4.79 Å². The third-order valence-corrected chi connectivity index (χ3v) is 1.62. The van der Waals surface area contributed by atoms with Gasteiger partial charge in [0.05, 0.1) is 6.10 Å². The second kappa shape index (κ2) is 5.24. The highest BCUT2D eigenvalue weighted by Gasteiger charge is 2.09. The number of ether oxygens (including phenoxy) is 2. The van der Waals surface area contributed by atoms with Gasteiger partial charge in [0.25, 0.3) is 0 Å². The summed E-state index contributed by atoms with van der Waals surface area (Å²) in [6.07, 6.45) is -0.464. The van der Waals surface area contributed by atoms with E-state index in [1.54, 1.807) is 18.2 Å². The average molecular weight is 209 g/mol. The summed E-state index contributed by atoms with van der Waals surface area (Å²) in [5.74, 6) is 0.988. The third-order valence-electron chi connectivity index (χ3n) is 1.62. The molecule has 0 atom stereocenters. The van der Waals surface area contributed by atoms with Crippen LogP contribution in [0.5, 0.6) is 11.5 Å². The lowest BCUT2D eigenvalue weighted by atomic mass is 10.3. The molecule has 0 fully saturated rings. The molecule has 1 rings (SSSR count). The minimum absolute atomic E-state index is 0.0411. The normalized spacial score (nSPS) is 9.87. The van der Waals surface area contributed by atoms with Crippen molar-refractivity contribution in [1.29, 1.82) is 0 Å². The molecule has 4 heteroatoms. The molecule has 0 aliphatic heterocycles. The monoisotopic (exact) mass is 209 g/mol. The maximum atomic E-state index is 11.0. The fourth-order valence-electron chi connectivity index (χ4n) is 1.04. The fraction of sp³-hybridized carbons (Fsp3) is 0.364. The number of hydrogen-bond acceptors (Lipinski definition) is 3. The quantitative estimate of drug-likeness (QED) is 0.830. The van der Waals surface area contributed by atoms with E-state index in [0.717, 1.165) is 0 Å². The van der Waals surface area contributed by atoms with Crippen LogP contribution in [0, 0.1) is 0 Å². The SMILES string of the molecule is CNC(=O)Oc1ccccc1OC(C)C. The van der Waals surface area contributed by atoms with E-state index in [9.17, 15) is 4.79 Å². The molecule has 0 aliphatic rings. The fourth-order valence-corrected chi connectivity index (χ4v) is 1.04. The van der Waals surface area contributed by atoms with Crippen molar-refractivity contribution in [1.82, 2.24) is 5.32 Å². The standard InChI is InChI=1S/C11H15NO3/c1-8(2)14-9-6-4-5-7-10(9)15-11(13)12-3/h4-8H,1-3H3,(H,12,13). The molecule has 0 unspecified atom stereocenters. The highest BCUT2D eigenvalue weighted by Crippen LogP contribution is 2.27. The predicted octanol–water partition coefficient (Wildman–Crippen LogP) is 2.19. The molecule has 1 N–H and O–H groups in total. The highest BCUT2D eigenvalue weighted by molar-refractivity contribution is 5.70. The number of carbonyl (C=O) groups is 1. The number of benzene rings is 1. The molecule has 0 spiro atoms. The summed E-state index contributed by atoms with van der Waals surface area (Å²) in [4.78, 5) is 11.0. The van der Waals surface area contributed by atoms with E-state index in [1.165, 1.54) is 7.05 Å². The summed E-state index contributed by atoms with van der Waals surface area (Å²) in [5.41, 5.74) is 0. The molecule has 0 aromatic heterocycles. The summed E-state index contributed by atoms with van der Waals surface area (Å²) in [7, 11) is 1.51. The number of carbonyl (C=O) groups excluding carboxylic acids is 1. The van der Waals surface area contributed by atoms with Crippen molar-refractivity contribution in [2.45, 2.75) is 20.0 Å². The smallest absolute Gasteiger partial charge is 0.412 e. The zero-order valence-electron chi connectivity index (χ0n) is 9.11. The number of nitrogens with one attached hydrogen (secondary N) is 1. The van der Waals surface area contributed by atoms with Gasteiger partial charge in [0.15, 0.2) is 11.5 Å². The lowest BCUT2D eigenvalue weighted by Crippen LogP contribution is -2.22. The first-order chi connectivity index (χ1) is 7.13. The van der Waals surface area contributed by atoms with Gasteiger partial charge < -0.3 is 14.8 Å². The Morgan fingerprint density at radius 1 is 1.27 bits per heavy atom. The number of rotatable bonds is 3. The first-order valence-electron chi connectivity index (χ1n) is 4.78. The van der Waals surface area contributed by atoms with Crippen molar-refractivity contribution >= 4 is 6.09 Å². The van der Waals surface area contributed by atoms with Gasteiger partial charge >= 0.3 is 6.09 Å². The Morgan fingerprint density at radius 3 is 2.40 bits per heavy atom. The highest BCUT2D eigenvalue weighted by atomic mass is 16.6. The zero-order chi connectivity index (χ0) is 11.3. The number of hydrogen-bond donors (Lipinski definition) is 1. The lowest BCUT2D eigenvalue weighted by molar-refractivity contribution is 0.194. The molecule has 4 nitrogen and oxygen atoms in total. The van der Waals surface area contributed by atoms with Gasteiger partial charge in [-0.1, -0.05) is 12.1 Å². The Labute approximate surface area is 89.2 Å². The molecule has 15 heavy (non-hydrogen) atoms. The summed E-state index contributed by atoms with van der Waals surface area (Å²) >= 11 is 0. The second-order valence-corrected chi connectivity index (χ2v) is 3.25. The largest absolute Gasteiger partial charge is 0.487 e. The van der Waals surface area contributed by atoms with E-state index in [1.807, 2.05) is 19.9 Å². The molecule has 1 amide bonds. The van der Waals surface area contributed by atoms with Gasteiger partial charge in [0.2, 0.25) is 0 Å². The van der Waals surface area contributed by atoms with Gasteiger partial charge in [0.1, 0.15) is 0 Å². The predicted molar refractivity (Wildman–Crippen MR) is 57.3 cm³/mol. The first-order valence-corrected chi connectivity index (χ1v) is 4.78. The second-order valence-electron chi connectivity index (χ2n) is 3.25. The summed E-state index contributed by atoms with van der Waals surface area (Å²) in [6.45, 7) is 3.83. The van der Waals surface area contributed by atoms with Crippen LogP contribution < -0.4 is 14.8 Å². The lowest BCUT2D eigenvalue weighted by Gasteiger charge is -2.13. The Morgan fingerprint density at radius 2 is 1.87 bits per heavy atom. The summed E-state index contributed by atoms with van der Waals surface area (Å²) in [5, 5.41) is 2.38. The van der Waals surface area contributed by atoms with Crippen molar-refractivity contribution < 1.29 is 14.3 Å². The van der Waals surface area contributed by atoms with E-state index in [0.29, 0.717) is 11.5 Å². The van der Waals surface area contributed by atoms with Crippen molar-refractivity contribution in [3.63, 3.8) is 0 Å². The number of para-hydroxylation sites is 2. The van der Waals surface area contributed by atoms with Gasteiger partial charge in [-0.15, -0.1) is 0 Å². The zero-order valence-corrected chi connectivity index (χ0v) is 9.11. The molecule has 1 aromatic carbocycles. The Hall–Kier alpha value is -1.71. The van der Waals surface area contributed by atoms with Gasteiger partial charge in [-0.25, -0.2) is 4.79 Å². The topological polar surface area (TPSA) is 47.6 Å². The molecule has 82 valence electrons. The third kappa shape index (κ3) is 3.50. The molecular weight excluding hydrogens is 194 g/mol. The van der Waals surface area contributed by atoms with Gasteiger partial charge in [0, 0.05) is 7.05 Å². The van der Waals surface area contributed by atoms with Crippen molar-refractivity contribution in [3.05, 3.63) is 24.3 Å². The molecule has 0 heterocycles. The molecule has 0 radical (unpaired) electrons. The van der Waals surface area contributed by atoms with E-state index in [-0.39, 0.29) is 6.10 Å². The van der Waals surface area contributed by atoms with Crippen molar-refractivity contribution in [3.8, 4) is 11.5 Å². The van der Waals surface area contributed by atoms with Gasteiger partial charge in [-0.05, 0) is 26.0 Å². The van der Waals surface area contributed by atoms with E-state index < -0.39 is 6.09 Å². The minimum atomic E-state index is -0.505.